The van der Waals surface area contributed by atoms with Gasteiger partial charge < -0.3 is 4.57 Å². The van der Waals surface area contributed by atoms with Crippen LogP contribution in [0.4, 0.5) is 0 Å². The van der Waals surface area contributed by atoms with Crippen molar-refractivity contribution in [2.75, 3.05) is 6.54 Å². The van der Waals surface area contributed by atoms with E-state index in [1.54, 1.807) is 24.4 Å². The predicted octanol–water partition coefficient (Wildman–Crippen LogP) is 2.73. The maximum Gasteiger partial charge on any atom is 0.258 e. The van der Waals surface area contributed by atoms with E-state index in [1.165, 1.54) is 10.1 Å². The van der Waals surface area contributed by atoms with Crippen molar-refractivity contribution in [3.63, 3.8) is 0 Å². The van der Waals surface area contributed by atoms with Gasteiger partial charge in [0, 0.05) is 49.8 Å². The minimum atomic E-state index is -0.0967. The second kappa shape index (κ2) is 5.51. The highest BCUT2D eigenvalue weighted by Gasteiger charge is 2.23. The summed E-state index contributed by atoms with van der Waals surface area (Å²) in [6.45, 7) is 4.78. The van der Waals surface area contributed by atoms with E-state index in [1.807, 2.05) is 0 Å². The molecule has 0 spiro atoms. The van der Waals surface area contributed by atoms with Crippen LogP contribution in [0, 0.1) is 0 Å². The molecule has 4 heterocycles. The third-order valence-corrected chi connectivity index (χ3v) is 4.73. The summed E-state index contributed by atoms with van der Waals surface area (Å²) in [6.07, 6.45) is 3.72. The summed E-state index contributed by atoms with van der Waals surface area (Å²) in [5.74, 6) is 0. The average Bonchev–Trinajstić information content (AvgIpc) is 3.00. The van der Waals surface area contributed by atoms with Gasteiger partial charge >= 0.3 is 0 Å². The van der Waals surface area contributed by atoms with E-state index >= 15 is 0 Å². The summed E-state index contributed by atoms with van der Waals surface area (Å²) in [6, 6.07) is 9.68. The molecule has 0 aromatic carbocycles. The summed E-state index contributed by atoms with van der Waals surface area (Å²) in [5, 5.41) is 0.527. The minimum absolute atomic E-state index is 0.0967. The van der Waals surface area contributed by atoms with E-state index in [0.29, 0.717) is 23.3 Å². The number of nitrogens with zero attached hydrogens (tertiary/aromatic N) is 4. The van der Waals surface area contributed by atoms with Crippen LogP contribution in [-0.4, -0.2) is 25.4 Å². The van der Waals surface area contributed by atoms with E-state index in [-0.39, 0.29) is 5.56 Å². The average molecular weight is 329 g/mol. The zero-order valence-electron chi connectivity index (χ0n) is 12.8. The molecule has 0 saturated carbocycles. The summed E-state index contributed by atoms with van der Waals surface area (Å²) >= 11 is 5.94. The lowest BCUT2D eigenvalue weighted by atomic mass is 10.1. The largest absolute Gasteiger partial charge is 0.349 e. The van der Waals surface area contributed by atoms with Gasteiger partial charge in [0.15, 0.2) is 0 Å². The first-order chi connectivity index (χ1) is 11.1. The first kappa shape index (κ1) is 14.5. The number of hydrogen-bond acceptors (Lipinski definition) is 3. The molecule has 1 aliphatic heterocycles. The molecule has 0 saturated heterocycles. The van der Waals surface area contributed by atoms with Crippen LogP contribution in [0.5, 0.6) is 0 Å². The lowest BCUT2D eigenvalue weighted by Crippen LogP contribution is -2.36. The maximum atomic E-state index is 12.3. The quantitative estimate of drug-likeness (QED) is 0.726. The molecule has 6 heteroatoms. The van der Waals surface area contributed by atoms with Crippen molar-refractivity contribution in [1.82, 2.24) is 18.9 Å². The monoisotopic (exact) mass is 328 g/mol. The van der Waals surface area contributed by atoms with Crippen molar-refractivity contribution in [2.45, 2.75) is 26.1 Å². The van der Waals surface area contributed by atoms with E-state index in [2.05, 4.69) is 39.7 Å². The molecule has 1 aliphatic rings. The smallest absolute Gasteiger partial charge is 0.258 e. The molecule has 4 rings (SSSR count). The third kappa shape index (κ3) is 2.56. The highest BCUT2D eigenvalue weighted by Crippen LogP contribution is 2.26. The van der Waals surface area contributed by atoms with Crippen LogP contribution in [0.3, 0.4) is 0 Å². The SMILES string of the molecule is C[C@H]1c2cccn2CCN1Cc1cc(=O)n2cc(Cl)ccc2n1. The van der Waals surface area contributed by atoms with Crippen molar-refractivity contribution in [2.24, 2.45) is 0 Å². The fourth-order valence-electron chi connectivity index (χ4n) is 3.26. The Balaban J connectivity index is 1.66. The highest BCUT2D eigenvalue weighted by molar-refractivity contribution is 6.30. The molecule has 5 nitrogen and oxygen atoms in total. The van der Waals surface area contributed by atoms with E-state index in [9.17, 15) is 4.79 Å². The van der Waals surface area contributed by atoms with Gasteiger partial charge in [0.25, 0.3) is 5.56 Å². The van der Waals surface area contributed by atoms with Gasteiger partial charge in [-0.2, -0.15) is 0 Å². The molecule has 0 N–H and O–H groups in total. The number of fused-ring (bicyclic) bond motifs is 2. The molecule has 0 fully saturated rings. The lowest BCUT2D eigenvalue weighted by Gasteiger charge is -2.34. The van der Waals surface area contributed by atoms with Crippen molar-refractivity contribution < 1.29 is 0 Å². The topological polar surface area (TPSA) is 42.5 Å². The highest BCUT2D eigenvalue weighted by atomic mass is 35.5. The lowest BCUT2D eigenvalue weighted by molar-refractivity contribution is 0.159. The molecule has 118 valence electrons. The van der Waals surface area contributed by atoms with Crippen LogP contribution in [0.25, 0.3) is 5.65 Å². The Kier molecular flexibility index (Phi) is 3.47. The molecule has 0 aliphatic carbocycles. The van der Waals surface area contributed by atoms with Gasteiger partial charge in [-0.15, -0.1) is 0 Å². The standard InChI is InChI=1S/C17H17ClN4O/c1-12-15-3-2-6-20(15)7-8-21(12)11-14-9-17(23)22-10-13(18)4-5-16(22)19-14/h2-6,9-10,12H,7-8,11H2,1H3/t12-/m0/s1. The summed E-state index contributed by atoms with van der Waals surface area (Å²) in [5.41, 5.74) is 2.63. The van der Waals surface area contributed by atoms with Gasteiger partial charge in [-0.1, -0.05) is 11.6 Å². The predicted molar refractivity (Wildman–Crippen MR) is 89.7 cm³/mol. The molecule has 0 radical (unpaired) electrons. The number of aromatic nitrogens is 3. The van der Waals surface area contributed by atoms with Crippen LogP contribution in [0.2, 0.25) is 5.02 Å². The molecule has 1 atom stereocenters. The van der Waals surface area contributed by atoms with Crippen LogP contribution in [0.1, 0.15) is 24.4 Å². The van der Waals surface area contributed by atoms with Crippen molar-refractivity contribution in [1.29, 1.82) is 0 Å². The Bertz CT molecular complexity index is 930. The first-order valence-corrected chi connectivity index (χ1v) is 8.06. The fourth-order valence-corrected chi connectivity index (χ4v) is 3.42. The van der Waals surface area contributed by atoms with Crippen LogP contribution >= 0.6 is 11.6 Å². The van der Waals surface area contributed by atoms with Gasteiger partial charge in [-0.25, -0.2) is 4.98 Å². The third-order valence-electron chi connectivity index (χ3n) is 4.51. The Morgan fingerprint density at radius 3 is 3.04 bits per heavy atom. The Morgan fingerprint density at radius 1 is 1.30 bits per heavy atom. The molecular weight excluding hydrogens is 312 g/mol. The van der Waals surface area contributed by atoms with E-state index in [0.717, 1.165) is 18.8 Å². The Labute approximate surface area is 138 Å². The second-order valence-electron chi connectivity index (χ2n) is 5.93. The van der Waals surface area contributed by atoms with Crippen LogP contribution < -0.4 is 5.56 Å². The van der Waals surface area contributed by atoms with Gasteiger partial charge in [0.05, 0.1) is 10.7 Å². The minimum Gasteiger partial charge on any atom is -0.349 e. The second-order valence-corrected chi connectivity index (χ2v) is 6.37. The van der Waals surface area contributed by atoms with Crippen LogP contribution in [0.15, 0.2) is 47.5 Å². The fraction of sp³-hybridized carbons (Fsp3) is 0.294. The Hall–Kier alpha value is -2.11. The van der Waals surface area contributed by atoms with Gasteiger partial charge in [-0.05, 0) is 31.2 Å². The zero-order valence-corrected chi connectivity index (χ0v) is 13.6. The number of rotatable bonds is 2. The molecule has 23 heavy (non-hydrogen) atoms. The molecule has 0 unspecified atom stereocenters. The number of pyridine rings is 1. The summed E-state index contributed by atoms with van der Waals surface area (Å²) < 4.78 is 3.77. The van der Waals surface area contributed by atoms with E-state index < -0.39 is 0 Å². The Morgan fingerprint density at radius 2 is 2.17 bits per heavy atom. The summed E-state index contributed by atoms with van der Waals surface area (Å²) in [7, 11) is 0. The van der Waals surface area contributed by atoms with Crippen LogP contribution in [-0.2, 0) is 13.1 Å². The molecule has 0 bridgehead atoms. The van der Waals surface area contributed by atoms with Crippen molar-refractivity contribution in [3.05, 3.63) is 69.5 Å². The van der Waals surface area contributed by atoms with Gasteiger partial charge in [-0.3, -0.25) is 14.1 Å². The van der Waals surface area contributed by atoms with Crippen molar-refractivity contribution >= 4 is 17.2 Å². The molecule has 3 aromatic heterocycles. The number of hydrogen-bond donors (Lipinski definition) is 0. The first-order valence-electron chi connectivity index (χ1n) is 7.69. The maximum absolute atomic E-state index is 12.3. The molecule has 3 aromatic rings. The van der Waals surface area contributed by atoms with Gasteiger partial charge in [0.2, 0.25) is 0 Å². The van der Waals surface area contributed by atoms with Crippen molar-refractivity contribution in [3.8, 4) is 0 Å². The zero-order chi connectivity index (χ0) is 16.0. The number of halogens is 1. The summed E-state index contributed by atoms with van der Waals surface area (Å²) in [4.78, 5) is 19.2. The molecular formula is C17H17ClN4O. The normalized spacial score (nSPS) is 18.3. The van der Waals surface area contributed by atoms with Gasteiger partial charge in [0.1, 0.15) is 5.65 Å². The molecule has 0 amide bonds. The van der Waals surface area contributed by atoms with E-state index in [4.69, 9.17) is 11.6 Å².